The number of alkyl halides is 3. The van der Waals surface area contributed by atoms with E-state index in [1.54, 1.807) is 0 Å². The molecule has 0 aliphatic carbocycles. The number of hydrogen-bond donors (Lipinski definition) is 0. The van der Waals surface area contributed by atoms with Crippen molar-refractivity contribution in [1.29, 1.82) is 0 Å². The maximum Gasteiger partial charge on any atom is 0.534 e. The Morgan fingerprint density at radius 3 is 1.06 bits per heavy atom. The zero-order valence-electron chi connectivity index (χ0n) is 16.6. The third-order valence-electron chi connectivity index (χ3n) is 4.88. The van der Waals surface area contributed by atoms with Crippen LogP contribution in [0.4, 0.5) is 13.2 Å². The first-order valence-corrected chi connectivity index (χ1v) is 11.0. The highest BCUT2D eigenvalue weighted by Crippen LogP contribution is 2.34. The van der Waals surface area contributed by atoms with E-state index in [0.29, 0.717) is 0 Å². The number of benzene rings is 5. The summed E-state index contributed by atoms with van der Waals surface area (Å²) in [6, 6.07) is 32.4. The van der Waals surface area contributed by atoms with Gasteiger partial charge in [0.05, 0.1) is 0 Å². The molecule has 0 radical (unpaired) electrons. The molecule has 0 aromatic heterocycles. The highest BCUT2D eigenvalue weighted by molar-refractivity contribution is 7.88. The summed E-state index contributed by atoms with van der Waals surface area (Å²) in [5.41, 5.74) is -5.40. The third kappa shape index (κ3) is 4.24. The van der Waals surface area contributed by atoms with Crippen LogP contribution in [0.15, 0.2) is 103 Å². The van der Waals surface area contributed by atoms with Crippen LogP contribution in [0.2, 0.25) is 0 Å². The van der Waals surface area contributed by atoms with Crippen molar-refractivity contribution in [2.75, 3.05) is 0 Å². The first-order chi connectivity index (χ1) is 15.3. The minimum absolute atomic E-state index is 0.371. The van der Waals surface area contributed by atoms with Crippen LogP contribution in [0.25, 0.3) is 32.3 Å². The van der Waals surface area contributed by atoms with E-state index in [0.717, 1.165) is 12.1 Å². The van der Waals surface area contributed by atoms with Gasteiger partial charge in [0, 0.05) is 0 Å². The Bertz CT molecular complexity index is 1270. The molecule has 0 spiro atoms. The van der Waals surface area contributed by atoms with Crippen LogP contribution in [0.5, 0.6) is 5.75 Å². The number of fused-ring (bicyclic) bond motifs is 6. The summed E-state index contributed by atoms with van der Waals surface area (Å²) >= 11 is 0. The fourth-order valence-electron chi connectivity index (χ4n) is 3.51. The van der Waals surface area contributed by atoms with E-state index in [2.05, 4.69) is 77.0 Å². The Hall–Kier alpha value is -3.58. The van der Waals surface area contributed by atoms with Crippen LogP contribution in [0.3, 0.4) is 0 Å². The van der Waals surface area contributed by atoms with Gasteiger partial charge < -0.3 is 4.18 Å². The Morgan fingerprint density at radius 1 is 0.500 bits per heavy atom. The van der Waals surface area contributed by atoms with E-state index >= 15 is 0 Å². The van der Waals surface area contributed by atoms with E-state index in [1.165, 1.54) is 50.5 Å². The average Bonchev–Trinajstić information content (AvgIpc) is 2.79. The third-order valence-corrected chi connectivity index (χ3v) is 5.86. The van der Waals surface area contributed by atoms with Crippen molar-refractivity contribution in [1.82, 2.24) is 0 Å². The summed E-state index contributed by atoms with van der Waals surface area (Å²) in [7, 11) is -5.55. The molecular formula is C25H17F3O3S. The summed E-state index contributed by atoms with van der Waals surface area (Å²) in [5, 5.41) is 8.04. The van der Waals surface area contributed by atoms with Gasteiger partial charge in [-0.1, -0.05) is 91.0 Å². The SMILES string of the molecule is O=S(=O)(Oc1ccccc1)C(F)(F)F.c1ccc2c(c1)c1ccccc1c1ccccc21. The Morgan fingerprint density at radius 2 is 0.781 bits per heavy atom. The van der Waals surface area contributed by atoms with Gasteiger partial charge in [-0.3, -0.25) is 0 Å². The highest BCUT2D eigenvalue weighted by Gasteiger charge is 2.48. The molecule has 0 atom stereocenters. The van der Waals surface area contributed by atoms with Gasteiger partial charge >= 0.3 is 15.6 Å². The predicted octanol–water partition coefficient (Wildman–Crippen LogP) is 7.06. The van der Waals surface area contributed by atoms with Crippen molar-refractivity contribution in [3.05, 3.63) is 103 Å². The highest BCUT2D eigenvalue weighted by atomic mass is 32.2. The van der Waals surface area contributed by atoms with Gasteiger partial charge in [-0.15, -0.1) is 0 Å². The lowest BCUT2D eigenvalue weighted by Gasteiger charge is -2.09. The van der Waals surface area contributed by atoms with Crippen LogP contribution < -0.4 is 4.18 Å². The second-order valence-electron chi connectivity index (χ2n) is 6.93. The molecule has 0 aliphatic heterocycles. The number of halogens is 3. The summed E-state index contributed by atoms with van der Waals surface area (Å²) in [5.74, 6) is -0.371. The van der Waals surface area contributed by atoms with Crippen molar-refractivity contribution in [2.45, 2.75) is 5.51 Å². The van der Waals surface area contributed by atoms with Gasteiger partial charge in [0.2, 0.25) is 0 Å². The first-order valence-electron chi connectivity index (χ1n) is 9.62. The zero-order chi connectivity index (χ0) is 22.8. The quantitative estimate of drug-likeness (QED) is 0.163. The topological polar surface area (TPSA) is 43.4 Å². The Balaban J connectivity index is 0.000000159. The smallest absolute Gasteiger partial charge is 0.376 e. The number of rotatable bonds is 2. The van der Waals surface area contributed by atoms with E-state index in [4.69, 9.17) is 0 Å². The molecule has 0 N–H and O–H groups in total. The standard InChI is InChI=1S/C18H12.C7H5F3O3S/c1-2-8-14-13(7-1)15-9-3-4-11-17(15)18-12-6-5-10-16(14)18;8-7(9,10)14(11,12)13-6-4-2-1-3-5-6/h1-12H;1-5H. The fourth-order valence-corrected chi connectivity index (χ4v) is 3.97. The lowest BCUT2D eigenvalue weighted by atomic mass is 9.95. The predicted molar refractivity (Wildman–Crippen MR) is 121 cm³/mol. The van der Waals surface area contributed by atoms with Crippen molar-refractivity contribution >= 4 is 42.4 Å². The van der Waals surface area contributed by atoms with E-state index in [1.807, 2.05) is 0 Å². The van der Waals surface area contributed by atoms with Crippen LogP contribution in [-0.4, -0.2) is 13.9 Å². The molecule has 5 rings (SSSR count). The summed E-state index contributed by atoms with van der Waals surface area (Å²) in [4.78, 5) is 0. The van der Waals surface area contributed by atoms with Crippen molar-refractivity contribution in [2.24, 2.45) is 0 Å². The molecule has 0 saturated heterocycles. The van der Waals surface area contributed by atoms with Gasteiger partial charge in [-0.2, -0.15) is 21.6 Å². The van der Waals surface area contributed by atoms with E-state index in [-0.39, 0.29) is 5.75 Å². The molecule has 0 saturated carbocycles. The van der Waals surface area contributed by atoms with Gasteiger partial charge in [0.1, 0.15) is 5.75 Å². The van der Waals surface area contributed by atoms with Gasteiger partial charge in [0.25, 0.3) is 0 Å². The molecule has 162 valence electrons. The molecule has 0 aliphatic rings. The monoisotopic (exact) mass is 454 g/mol. The molecule has 3 nitrogen and oxygen atoms in total. The van der Waals surface area contributed by atoms with E-state index < -0.39 is 15.6 Å². The van der Waals surface area contributed by atoms with Gasteiger partial charge in [-0.05, 0) is 44.5 Å². The van der Waals surface area contributed by atoms with Gasteiger partial charge in [-0.25, -0.2) is 0 Å². The molecule has 0 unspecified atom stereocenters. The van der Waals surface area contributed by atoms with Crippen molar-refractivity contribution < 1.29 is 25.8 Å². The van der Waals surface area contributed by atoms with Crippen LogP contribution >= 0.6 is 0 Å². The minimum Gasteiger partial charge on any atom is -0.376 e. The fraction of sp³-hybridized carbons (Fsp3) is 0.0400. The molecular weight excluding hydrogens is 437 g/mol. The minimum atomic E-state index is -5.55. The molecule has 0 amide bonds. The van der Waals surface area contributed by atoms with Crippen molar-refractivity contribution in [3.8, 4) is 5.75 Å². The lowest BCUT2D eigenvalue weighted by molar-refractivity contribution is -0.0500. The number of hydrogen-bond acceptors (Lipinski definition) is 3. The second kappa shape index (κ2) is 8.51. The summed E-state index contributed by atoms with van der Waals surface area (Å²) in [6.07, 6.45) is 0. The van der Waals surface area contributed by atoms with Crippen LogP contribution in [-0.2, 0) is 10.1 Å². The van der Waals surface area contributed by atoms with Gasteiger partial charge in [0.15, 0.2) is 0 Å². The van der Waals surface area contributed by atoms with E-state index in [9.17, 15) is 21.6 Å². The second-order valence-corrected chi connectivity index (χ2v) is 8.47. The first kappa shape index (κ1) is 21.6. The Labute approximate surface area is 182 Å². The summed E-state index contributed by atoms with van der Waals surface area (Å²) in [6.45, 7) is 0. The Kier molecular flexibility index (Phi) is 5.76. The molecule has 0 bridgehead atoms. The van der Waals surface area contributed by atoms with Crippen molar-refractivity contribution in [3.63, 3.8) is 0 Å². The molecule has 0 heterocycles. The average molecular weight is 454 g/mol. The maximum atomic E-state index is 11.8. The normalized spacial score (nSPS) is 11.8. The lowest BCUT2D eigenvalue weighted by Crippen LogP contribution is -2.27. The maximum absolute atomic E-state index is 11.8. The summed E-state index contributed by atoms with van der Waals surface area (Å²) < 4.78 is 60.2. The number of para-hydroxylation sites is 1. The molecule has 32 heavy (non-hydrogen) atoms. The molecule has 5 aromatic carbocycles. The molecule has 0 fully saturated rings. The van der Waals surface area contributed by atoms with Crippen LogP contribution in [0, 0.1) is 0 Å². The molecule has 5 aromatic rings. The largest absolute Gasteiger partial charge is 0.534 e. The van der Waals surface area contributed by atoms with Crippen LogP contribution in [0.1, 0.15) is 0 Å². The zero-order valence-corrected chi connectivity index (χ0v) is 17.4. The molecule has 7 heteroatoms.